The van der Waals surface area contributed by atoms with Crippen molar-refractivity contribution in [2.75, 3.05) is 4.72 Å². The number of rotatable bonds is 6. The van der Waals surface area contributed by atoms with Gasteiger partial charge in [-0.25, -0.2) is 8.42 Å². The standard InChI is InChI=1S/C22H22N2O3S/c1-16-8-6-7-11-21(16)24-28(26,27)20-14-12-19(13-15-20)22(25)23-17(2)18-9-4-3-5-10-18/h3-15,17,24H,1-2H3,(H,23,25). The summed E-state index contributed by atoms with van der Waals surface area (Å²) in [5.74, 6) is -0.257. The first kappa shape index (κ1) is 19.6. The maximum Gasteiger partial charge on any atom is 0.261 e. The maximum absolute atomic E-state index is 12.6. The van der Waals surface area contributed by atoms with Crippen LogP contribution in [0.1, 0.15) is 34.5 Å². The fraction of sp³-hybridized carbons (Fsp3) is 0.136. The zero-order chi connectivity index (χ0) is 20.1. The molecule has 0 radical (unpaired) electrons. The number of aryl methyl sites for hydroxylation is 1. The second-order valence-corrected chi connectivity index (χ2v) is 8.23. The van der Waals surface area contributed by atoms with Gasteiger partial charge in [0.15, 0.2) is 0 Å². The van der Waals surface area contributed by atoms with Crippen LogP contribution < -0.4 is 10.0 Å². The van der Waals surface area contributed by atoms with Crippen LogP contribution in [0, 0.1) is 6.92 Å². The van der Waals surface area contributed by atoms with E-state index in [0.29, 0.717) is 11.3 Å². The summed E-state index contributed by atoms with van der Waals surface area (Å²) in [6.45, 7) is 3.73. The number of carbonyl (C=O) groups is 1. The largest absolute Gasteiger partial charge is 0.346 e. The van der Waals surface area contributed by atoms with Gasteiger partial charge in [0.1, 0.15) is 0 Å². The first-order valence-corrected chi connectivity index (χ1v) is 10.4. The van der Waals surface area contributed by atoms with Crippen molar-refractivity contribution in [2.24, 2.45) is 0 Å². The van der Waals surface area contributed by atoms with E-state index in [4.69, 9.17) is 0 Å². The van der Waals surface area contributed by atoms with Crippen LogP contribution in [-0.2, 0) is 10.0 Å². The van der Waals surface area contributed by atoms with Crippen LogP contribution in [0.15, 0.2) is 83.8 Å². The van der Waals surface area contributed by atoms with Gasteiger partial charge >= 0.3 is 0 Å². The quantitative estimate of drug-likeness (QED) is 0.655. The molecule has 0 bridgehead atoms. The molecule has 3 rings (SSSR count). The van der Waals surface area contributed by atoms with Crippen LogP contribution in [0.2, 0.25) is 0 Å². The lowest BCUT2D eigenvalue weighted by Crippen LogP contribution is -2.26. The lowest BCUT2D eigenvalue weighted by molar-refractivity contribution is 0.0940. The van der Waals surface area contributed by atoms with Crippen molar-refractivity contribution in [3.63, 3.8) is 0 Å². The topological polar surface area (TPSA) is 75.3 Å². The third kappa shape index (κ3) is 4.58. The predicted octanol–water partition coefficient (Wildman–Crippen LogP) is 4.29. The van der Waals surface area contributed by atoms with Crippen LogP contribution in [0.3, 0.4) is 0 Å². The van der Waals surface area contributed by atoms with Gasteiger partial charge < -0.3 is 5.32 Å². The van der Waals surface area contributed by atoms with Gasteiger partial charge in [0.05, 0.1) is 16.6 Å². The third-order valence-corrected chi connectivity index (χ3v) is 5.84. The van der Waals surface area contributed by atoms with Crippen LogP contribution in [0.5, 0.6) is 0 Å². The molecule has 144 valence electrons. The van der Waals surface area contributed by atoms with Gasteiger partial charge in [0.2, 0.25) is 0 Å². The van der Waals surface area contributed by atoms with Crippen molar-refractivity contribution in [1.82, 2.24) is 5.32 Å². The molecule has 0 saturated heterocycles. The molecule has 0 aliphatic heterocycles. The maximum atomic E-state index is 12.6. The van der Waals surface area contributed by atoms with Crippen molar-refractivity contribution in [1.29, 1.82) is 0 Å². The summed E-state index contributed by atoms with van der Waals surface area (Å²) < 4.78 is 27.7. The molecule has 0 aliphatic carbocycles. The first-order chi connectivity index (χ1) is 13.4. The van der Waals surface area contributed by atoms with Gasteiger partial charge in [0.25, 0.3) is 15.9 Å². The molecule has 0 fully saturated rings. The second kappa shape index (κ2) is 8.27. The van der Waals surface area contributed by atoms with Crippen molar-refractivity contribution in [3.05, 3.63) is 95.6 Å². The molecule has 6 heteroatoms. The number of benzene rings is 3. The Bertz CT molecular complexity index is 1060. The number of amides is 1. The zero-order valence-electron chi connectivity index (χ0n) is 15.7. The Morgan fingerprint density at radius 1 is 0.857 bits per heavy atom. The molecular weight excluding hydrogens is 372 g/mol. The minimum absolute atomic E-state index is 0.100. The zero-order valence-corrected chi connectivity index (χ0v) is 16.5. The Labute approximate surface area is 165 Å². The normalized spacial score (nSPS) is 12.2. The van der Waals surface area contributed by atoms with Crippen molar-refractivity contribution >= 4 is 21.6 Å². The van der Waals surface area contributed by atoms with Crippen molar-refractivity contribution < 1.29 is 13.2 Å². The fourth-order valence-corrected chi connectivity index (χ4v) is 3.91. The highest BCUT2D eigenvalue weighted by Crippen LogP contribution is 2.20. The summed E-state index contributed by atoms with van der Waals surface area (Å²) in [4.78, 5) is 12.5. The minimum Gasteiger partial charge on any atom is -0.346 e. The Morgan fingerprint density at radius 3 is 2.11 bits per heavy atom. The number of anilines is 1. The van der Waals surface area contributed by atoms with E-state index in [1.807, 2.05) is 56.3 Å². The molecule has 3 aromatic rings. The molecule has 0 aromatic heterocycles. The number of hydrogen-bond acceptors (Lipinski definition) is 3. The molecule has 5 nitrogen and oxygen atoms in total. The number of sulfonamides is 1. The summed E-state index contributed by atoms with van der Waals surface area (Å²) in [6.07, 6.45) is 0. The Morgan fingerprint density at radius 2 is 1.46 bits per heavy atom. The van der Waals surface area contributed by atoms with Crippen molar-refractivity contribution in [3.8, 4) is 0 Å². The lowest BCUT2D eigenvalue weighted by atomic mass is 10.1. The minimum atomic E-state index is -3.73. The molecule has 2 N–H and O–H groups in total. The number of nitrogens with one attached hydrogen (secondary N) is 2. The second-order valence-electron chi connectivity index (χ2n) is 6.55. The molecule has 0 saturated carbocycles. The highest BCUT2D eigenvalue weighted by Gasteiger charge is 2.17. The molecule has 0 aliphatic rings. The van der Waals surface area contributed by atoms with E-state index in [9.17, 15) is 13.2 Å². The molecule has 1 amide bonds. The van der Waals surface area contributed by atoms with Crippen LogP contribution in [0.4, 0.5) is 5.69 Å². The Hall–Kier alpha value is -3.12. The third-order valence-electron chi connectivity index (χ3n) is 4.46. The molecule has 0 spiro atoms. The number of para-hydroxylation sites is 1. The molecule has 1 unspecified atom stereocenters. The SMILES string of the molecule is Cc1ccccc1NS(=O)(=O)c1ccc(C(=O)NC(C)c2ccccc2)cc1. The van der Waals surface area contributed by atoms with Gasteiger partial charge in [-0.05, 0) is 55.3 Å². The molecule has 3 aromatic carbocycles. The Kier molecular flexibility index (Phi) is 5.80. The lowest BCUT2D eigenvalue weighted by Gasteiger charge is -2.15. The number of hydrogen-bond donors (Lipinski definition) is 2. The molecule has 1 atom stereocenters. The highest BCUT2D eigenvalue weighted by molar-refractivity contribution is 7.92. The van der Waals surface area contributed by atoms with E-state index in [1.165, 1.54) is 24.3 Å². The summed E-state index contributed by atoms with van der Waals surface area (Å²) >= 11 is 0. The summed E-state index contributed by atoms with van der Waals surface area (Å²) in [5, 5.41) is 2.91. The Balaban J connectivity index is 1.72. The van der Waals surface area contributed by atoms with Gasteiger partial charge in [0, 0.05) is 5.56 Å². The van der Waals surface area contributed by atoms with E-state index in [0.717, 1.165) is 11.1 Å². The van der Waals surface area contributed by atoms with E-state index in [1.54, 1.807) is 12.1 Å². The van der Waals surface area contributed by atoms with Crippen LogP contribution >= 0.6 is 0 Å². The van der Waals surface area contributed by atoms with Gasteiger partial charge in [-0.2, -0.15) is 0 Å². The van der Waals surface area contributed by atoms with Gasteiger partial charge in [-0.1, -0.05) is 48.5 Å². The summed E-state index contributed by atoms with van der Waals surface area (Å²) in [6, 6.07) is 22.5. The predicted molar refractivity (Wildman–Crippen MR) is 111 cm³/mol. The van der Waals surface area contributed by atoms with E-state index < -0.39 is 10.0 Å². The van der Waals surface area contributed by atoms with Crippen LogP contribution in [0.25, 0.3) is 0 Å². The first-order valence-electron chi connectivity index (χ1n) is 8.91. The highest BCUT2D eigenvalue weighted by atomic mass is 32.2. The summed E-state index contributed by atoms with van der Waals surface area (Å²) in [5.41, 5.74) is 2.76. The van der Waals surface area contributed by atoms with Gasteiger partial charge in [-0.15, -0.1) is 0 Å². The van der Waals surface area contributed by atoms with E-state index >= 15 is 0 Å². The fourth-order valence-electron chi connectivity index (χ4n) is 2.78. The average molecular weight is 394 g/mol. The van der Waals surface area contributed by atoms with Crippen LogP contribution in [-0.4, -0.2) is 14.3 Å². The molecule has 0 heterocycles. The smallest absolute Gasteiger partial charge is 0.261 e. The summed E-state index contributed by atoms with van der Waals surface area (Å²) in [7, 11) is -3.73. The molecule has 28 heavy (non-hydrogen) atoms. The van der Waals surface area contributed by atoms with E-state index in [2.05, 4.69) is 10.0 Å². The van der Waals surface area contributed by atoms with Crippen molar-refractivity contribution in [2.45, 2.75) is 24.8 Å². The van der Waals surface area contributed by atoms with Gasteiger partial charge in [-0.3, -0.25) is 9.52 Å². The molecular formula is C22H22N2O3S. The monoisotopic (exact) mass is 394 g/mol. The average Bonchev–Trinajstić information content (AvgIpc) is 2.70. The number of carbonyl (C=O) groups excluding carboxylic acids is 1. The van der Waals surface area contributed by atoms with E-state index in [-0.39, 0.29) is 16.8 Å².